The van der Waals surface area contributed by atoms with Crippen LogP contribution in [0.2, 0.25) is 0 Å². The summed E-state index contributed by atoms with van der Waals surface area (Å²) in [6, 6.07) is 0.489. The summed E-state index contributed by atoms with van der Waals surface area (Å²) in [4.78, 5) is 0. The molecular weight excluding hydrogens is 238 g/mol. The number of allylic oxidation sites excluding steroid dienone is 2. The summed E-state index contributed by atoms with van der Waals surface area (Å²) in [5.74, 6) is 0.691. The molecule has 1 saturated carbocycles. The van der Waals surface area contributed by atoms with Crippen LogP contribution in [0.3, 0.4) is 0 Å². The molecule has 4 heteroatoms. The Hall–Kier alpha value is -0.740. The Bertz CT molecular complexity index is 311. The Morgan fingerprint density at radius 2 is 2.00 bits per heavy atom. The van der Waals surface area contributed by atoms with Crippen LogP contribution in [0.5, 0.6) is 0 Å². The van der Waals surface area contributed by atoms with E-state index in [1.54, 1.807) is 0 Å². The summed E-state index contributed by atoms with van der Waals surface area (Å²) in [6.07, 6.45) is 9.02. The van der Waals surface area contributed by atoms with Crippen LogP contribution in [0.4, 0.5) is 0 Å². The molecule has 2 unspecified atom stereocenters. The van der Waals surface area contributed by atoms with Gasteiger partial charge in [0.2, 0.25) is 0 Å². The average Bonchev–Trinajstić information content (AvgIpc) is 2.39. The zero-order valence-corrected chi connectivity index (χ0v) is 12.1. The summed E-state index contributed by atoms with van der Waals surface area (Å²) < 4.78 is 0. The molecular formula is C15H29N3O. The molecule has 0 saturated heterocycles. The lowest BCUT2D eigenvalue weighted by Gasteiger charge is -2.28. The van der Waals surface area contributed by atoms with Crippen molar-refractivity contribution in [2.75, 3.05) is 6.54 Å². The number of nitrogens with two attached hydrogens (primary N) is 1. The highest BCUT2D eigenvalue weighted by Crippen LogP contribution is 2.24. The van der Waals surface area contributed by atoms with Gasteiger partial charge in [-0.1, -0.05) is 26.2 Å². The molecule has 5 N–H and O–H groups in total. The molecule has 2 atom stereocenters. The summed E-state index contributed by atoms with van der Waals surface area (Å²) in [7, 11) is 0. The lowest BCUT2D eigenvalue weighted by atomic mass is 9.92. The highest BCUT2D eigenvalue weighted by atomic mass is 16.3. The lowest BCUT2D eigenvalue weighted by molar-refractivity contribution is 0.113. The van der Waals surface area contributed by atoms with Gasteiger partial charge in [0, 0.05) is 17.4 Å². The highest BCUT2D eigenvalue weighted by molar-refractivity contribution is 5.13. The predicted molar refractivity (Wildman–Crippen MR) is 78.2 cm³/mol. The molecule has 0 amide bonds. The van der Waals surface area contributed by atoms with Crippen LogP contribution in [-0.4, -0.2) is 23.9 Å². The third-order valence-electron chi connectivity index (χ3n) is 4.39. The van der Waals surface area contributed by atoms with E-state index in [-0.39, 0.29) is 0 Å². The second-order valence-electron chi connectivity index (χ2n) is 6.25. The quantitative estimate of drug-likeness (QED) is 0.573. The number of hydrogen-bond acceptors (Lipinski definition) is 4. The largest absolute Gasteiger partial charge is 0.401 e. The molecule has 1 fully saturated rings. The van der Waals surface area contributed by atoms with Crippen molar-refractivity contribution < 1.29 is 5.11 Å². The lowest BCUT2D eigenvalue weighted by Crippen LogP contribution is -2.45. The minimum absolute atomic E-state index is 0.470. The molecule has 0 spiro atoms. The summed E-state index contributed by atoms with van der Waals surface area (Å²) in [5, 5.41) is 16.7. The van der Waals surface area contributed by atoms with E-state index in [0.717, 1.165) is 24.2 Å². The van der Waals surface area contributed by atoms with Gasteiger partial charge in [-0.15, -0.1) is 0 Å². The molecule has 0 aromatic rings. The van der Waals surface area contributed by atoms with Crippen molar-refractivity contribution in [1.29, 1.82) is 0 Å². The van der Waals surface area contributed by atoms with Gasteiger partial charge in [0.05, 0.1) is 6.54 Å². The minimum Gasteiger partial charge on any atom is -0.401 e. The number of nitrogens with one attached hydrogen (secondary N) is 2. The summed E-state index contributed by atoms with van der Waals surface area (Å²) >= 11 is 0. The zero-order valence-electron chi connectivity index (χ0n) is 12.1. The van der Waals surface area contributed by atoms with E-state index >= 15 is 0 Å². The van der Waals surface area contributed by atoms with Gasteiger partial charge in [-0.2, -0.15) is 0 Å². The van der Waals surface area contributed by atoms with Crippen LogP contribution in [0.25, 0.3) is 0 Å². The number of rotatable bonds is 5. The van der Waals surface area contributed by atoms with E-state index in [4.69, 9.17) is 5.73 Å². The molecule has 2 aliphatic carbocycles. The van der Waals surface area contributed by atoms with Crippen LogP contribution in [0.1, 0.15) is 58.3 Å². The third-order valence-corrected chi connectivity index (χ3v) is 4.39. The van der Waals surface area contributed by atoms with E-state index in [0.29, 0.717) is 18.5 Å². The molecule has 0 heterocycles. The van der Waals surface area contributed by atoms with Gasteiger partial charge < -0.3 is 16.2 Å². The van der Waals surface area contributed by atoms with Crippen molar-refractivity contribution in [3.63, 3.8) is 0 Å². The first-order valence-corrected chi connectivity index (χ1v) is 7.80. The molecule has 0 aliphatic heterocycles. The van der Waals surface area contributed by atoms with Crippen molar-refractivity contribution >= 4 is 0 Å². The van der Waals surface area contributed by atoms with Crippen molar-refractivity contribution in [3.8, 4) is 0 Å². The first-order valence-electron chi connectivity index (χ1n) is 7.80. The third kappa shape index (κ3) is 4.69. The molecule has 110 valence electrons. The molecule has 2 rings (SSSR count). The first kappa shape index (κ1) is 14.7. The molecule has 2 aliphatic rings. The van der Waals surface area contributed by atoms with Crippen molar-refractivity contribution in [3.05, 3.63) is 11.4 Å². The first-order chi connectivity index (χ1) is 9.15. The van der Waals surface area contributed by atoms with Gasteiger partial charge in [0.1, 0.15) is 6.23 Å². The normalized spacial score (nSPS) is 27.4. The summed E-state index contributed by atoms with van der Waals surface area (Å²) in [5.41, 5.74) is 8.17. The van der Waals surface area contributed by atoms with Crippen molar-refractivity contribution in [1.82, 2.24) is 10.6 Å². The van der Waals surface area contributed by atoms with Gasteiger partial charge in [0.25, 0.3) is 0 Å². The maximum absolute atomic E-state index is 10.0. The van der Waals surface area contributed by atoms with Crippen LogP contribution >= 0.6 is 0 Å². The second kappa shape index (κ2) is 7.15. The van der Waals surface area contributed by atoms with E-state index in [1.807, 2.05) is 0 Å². The molecule has 0 aromatic heterocycles. The summed E-state index contributed by atoms with van der Waals surface area (Å²) in [6.45, 7) is 2.80. The van der Waals surface area contributed by atoms with Crippen LogP contribution in [0.15, 0.2) is 11.4 Å². The Morgan fingerprint density at radius 1 is 1.26 bits per heavy atom. The smallest absolute Gasteiger partial charge is 0.122 e. The molecule has 0 aromatic carbocycles. The molecule has 0 bridgehead atoms. The fourth-order valence-electron chi connectivity index (χ4n) is 3.17. The molecule has 4 nitrogen and oxygen atoms in total. The predicted octanol–water partition coefficient (Wildman–Crippen LogP) is 1.81. The second-order valence-corrected chi connectivity index (χ2v) is 6.25. The van der Waals surface area contributed by atoms with Crippen LogP contribution < -0.4 is 16.4 Å². The topological polar surface area (TPSA) is 70.3 Å². The monoisotopic (exact) mass is 267 g/mol. The average molecular weight is 267 g/mol. The standard InChI is InChI=1S/C15H29N3O/c1-11-7-8-14(13(16)9-11)17-10-15(19)18-12-5-3-2-4-6-12/h11-12,15,17-19H,2-10,16H2,1H3. The molecule has 19 heavy (non-hydrogen) atoms. The van der Waals surface area contributed by atoms with E-state index in [2.05, 4.69) is 17.6 Å². The van der Waals surface area contributed by atoms with Crippen LogP contribution in [0, 0.1) is 5.92 Å². The van der Waals surface area contributed by atoms with Crippen molar-refractivity contribution in [2.24, 2.45) is 11.7 Å². The van der Waals surface area contributed by atoms with E-state index in [1.165, 1.54) is 38.5 Å². The highest BCUT2D eigenvalue weighted by Gasteiger charge is 2.18. The fraction of sp³-hybridized carbons (Fsp3) is 0.867. The Morgan fingerprint density at radius 3 is 2.68 bits per heavy atom. The van der Waals surface area contributed by atoms with E-state index in [9.17, 15) is 5.11 Å². The molecule has 0 radical (unpaired) electrons. The maximum Gasteiger partial charge on any atom is 0.122 e. The number of aliphatic hydroxyl groups is 1. The maximum atomic E-state index is 10.0. The van der Waals surface area contributed by atoms with Crippen molar-refractivity contribution in [2.45, 2.75) is 70.6 Å². The minimum atomic E-state index is -0.470. The Labute approximate surface area is 116 Å². The Kier molecular flexibility index (Phi) is 5.52. The van der Waals surface area contributed by atoms with Gasteiger partial charge in [-0.3, -0.25) is 5.32 Å². The van der Waals surface area contributed by atoms with Gasteiger partial charge in [-0.25, -0.2) is 0 Å². The van der Waals surface area contributed by atoms with Crippen LogP contribution in [-0.2, 0) is 0 Å². The SMILES string of the molecule is CC1CCC(NCC(O)NC2CCCCC2)=C(N)C1. The zero-order chi connectivity index (χ0) is 13.7. The van der Waals surface area contributed by atoms with Gasteiger partial charge in [0.15, 0.2) is 0 Å². The fourth-order valence-corrected chi connectivity index (χ4v) is 3.17. The number of hydrogen-bond donors (Lipinski definition) is 4. The van der Waals surface area contributed by atoms with Gasteiger partial charge in [-0.05, 0) is 38.0 Å². The van der Waals surface area contributed by atoms with E-state index < -0.39 is 6.23 Å². The number of aliphatic hydroxyl groups excluding tert-OH is 1. The van der Waals surface area contributed by atoms with Gasteiger partial charge >= 0.3 is 0 Å². The Balaban J connectivity index is 1.70.